The van der Waals surface area contributed by atoms with E-state index < -0.39 is 20.4 Å². The van der Waals surface area contributed by atoms with E-state index in [1.807, 2.05) is 20.8 Å². The summed E-state index contributed by atoms with van der Waals surface area (Å²) in [5, 5.41) is 9.27. The molecule has 0 saturated heterocycles. The van der Waals surface area contributed by atoms with Gasteiger partial charge in [-0.2, -0.15) is 0 Å². The first-order valence-electron chi connectivity index (χ1n) is 5.69. The first kappa shape index (κ1) is 15.6. The molecule has 3 nitrogen and oxygen atoms in total. The Morgan fingerprint density at radius 3 is 1.69 bits per heavy atom. The second-order valence-electron chi connectivity index (χ2n) is 6.96. The van der Waals surface area contributed by atoms with E-state index >= 15 is 0 Å². The van der Waals surface area contributed by atoms with E-state index in [2.05, 4.69) is 33.9 Å². The Morgan fingerprint density at radius 1 is 1.12 bits per heavy atom. The van der Waals surface area contributed by atoms with Crippen LogP contribution in [0.5, 0.6) is 0 Å². The van der Waals surface area contributed by atoms with Gasteiger partial charge in [0.15, 0.2) is 8.32 Å². The first-order chi connectivity index (χ1) is 6.79. The van der Waals surface area contributed by atoms with Crippen molar-refractivity contribution in [2.75, 3.05) is 0 Å². The molecule has 0 aliphatic rings. The lowest BCUT2D eigenvalue weighted by Crippen LogP contribution is -2.50. The van der Waals surface area contributed by atoms with E-state index in [1.54, 1.807) is 0 Å². The van der Waals surface area contributed by atoms with Crippen molar-refractivity contribution in [1.82, 2.24) is 0 Å². The smallest absolute Gasteiger partial charge is 0.332 e. The molecule has 0 aromatic heterocycles. The quantitative estimate of drug-likeness (QED) is 0.775. The van der Waals surface area contributed by atoms with E-state index in [1.165, 1.54) is 0 Å². The zero-order valence-corrected chi connectivity index (χ0v) is 12.8. The Kier molecular flexibility index (Phi) is 4.39. The second-order valence-corrected chi connectivity index (χ2v) is 11.7. The summed E-state index contributed by atoms with van der Waals surface area (Å²) >= 11 is 0. The van der Waals surface area contributed by atoms with E-state index in [0.717, 1.165) is 0 Å². The molecule has 0 heterocycles. The molecule has 0 aliphatic heterocycles. The highest BCUT2D eigenvalue weighted by Crippen LogP contribution is 2.39. The van der Waals surface area contributed by atoms with Gasteiger partial charge in [-0.05, 0) is 23.5 Å². The molecule has 4 heteroatoms. The van der Waals surface area contributed by atoms with Crippen molar-refractivity contribution in [1.29, 1.82) is 0 Å². The number of carboxylic acids is 1. The lowest BCUT2D eigenvalue weighted by molar-refractivity contribution is -0.151. The molecular formula is C12H26O3Si. The topological polar surface area (TPSA) is 46.5 Å². The molecule has 0 aromatic carbocycles. The van der Waals surface area contributed by atoms with Crippen LogP contribution in [0.25, 0.3) is 0 Å². The summed E-state index contributed by atoms with van der Waals surface area (Å²) < 4.78 is 5.97. The fourth-order valence-corrected chi connectivity index (χ4v) is 2.47. The third-order valence-electron chi connectivity index (χ3n) is 3.23. The molecule has 0 spiro atoms. The summed E-state index contributed by atoms with van der Waals surface area (Å²) in [6, 6.07) is 0. The Labute approximate surface area is 100 Å². The van der Waals surface area contributed by atoms with Crippen molar-refractivity contribution in [3.63, 3.8) is 0 Å². The minimum Gasteiger partial charge on any atom is -0.479 e. The number of carboxylic acid groups (broad SMARTS) is 1. The summed E-state index contributed by atoms with van der Waals surface area (Å²) in [7, 11) is -2.02. The molecule has 16 heavy (non-hydrogen) atoms. The second kappa shape index (κ2) is 4.49. The molecular weight excluding hydrogens is 220 g/mol. The number of hydrogen-bond donors (Lipinski definition) is 1. The highest BCUT2D eigenvalue weighted by Gasteiger charge is 2.44. The van der Waals surface area contributed by atoms with Crippen LogP contribution >= 0.6 is 0 Å². The predicted molar refractivity (Wildman–Crippen MR) is 69.2 cm³/mol. The van der Waals surface area contributed by atoms with Gasteiger partial charge in [0.2, 0.25) is 0 Å². The molecule has 0 amide bonds. The maximum atomic E-state index is 11.2. The average Bonchev–Trinajstić information content (AvgIpc) is 1.95. The third kappa shape index (κ3) is 3.90. The van der Waals surface area contributed by atoms with Crippen LogP contribution in [0.15, 0.2) is 0 Å². The van der Waals surface area contributed by atoms with Gasteiger partial charge in [0.25, 0.3) is 0 Å². The van der Waals surface area contributed by atoms with Crippen LogP contribution in [-0.4, -0.2) is 25.5 Å². The highest BCUT2D eigenvalue weighted by molar-refractivity contribution is 6.74. The van der Waals surface area contributed by atoms with Crippen molar-refractivity contribution in [2.45, 2.75) is 65.8 Å². The number of hydrogen-bond acceptors (Lipinski definition) is 2. The van der Waals surface area contributed by atoms with Gasteiger partial charge in [-0.3, -0.25) is 0 Å². The summed E-state index contributed by atoms with van der Waals surface area (Å²) in [6.45, 7) is 16.2. The van der Waals surface area contributed by atoms with Crippen molar-refractivity contribution in [3.05, 3.63) is 0 Å². The van der Waals surface area contributed by atoms with Gasteiger partial charge in [-0.1, -0.05) is 41.5 Å². The van der Waals surface area contributed by atoms with Crippen molar-refractivity contribution >= 4 is 14.3 Å². The van der Waals surface area contributed by atoms with E-state index in [4.69, 9.17) is 4.43 Å². The van der Waals surface area contributed by atoms with Gasteiger partial charge in [-0.25, -0.2) is 4.79 Å². The minimum absolute atomic E-state index is 0.0337. The van der Waals surface area contributed by atoms with Crippen LogP contribution in [0.4, 0.5) is 0 Å². The van der Waals surface area contributed by atoms with Crippen LogP contribution in [0.1, 0.15) is 41.5 Å². The van der Waals surface area contributed by atoms with Crippen molar-refractivity contribution < 1.29 is 14.3 Å². The third-order valence-corrected chi connectivity index (χ3v) is 7.67. The van der Waals surface area contributed by atoms with Crippen LogP contribution in [0, 0.1) is 5.41 Å². The number of aliphatic carboxylic acids is 1. The van der Waals surface area contributed by atoms with Crippen LogP contribution < -0.4 is 0 Å². The molecule has 1 unspecified atom stereocenters. The minimum atomic E-state index is -2.02. The van der Waals surface area contributed by atoms with Gasteiger partial charge in [0, 0.05) is 0 Å². The van der Waals surface area contributed by atoms with E-state index in [0.29, 0.717) is 0 Å². The Bertz CT molecular complexity index is 258. The fraction of sp³-hybridized carbons (Fsp3) is 0.917. The molecule has 0 aromatic rings. The van der Waals surface area contributed by atoms with Crippen molar-refractivity contribution in [3.8, 4) is 0 Å². The molecule has 96 valence electrons. The molecule has 0 fully saturated rings. The highest BCUT2D eigenvalue weighted by atomic mass is 28.4. The summed E-state index contributed by atoms with van der Waals surface area (Å²) in [4.78, 5) is 11.2. The molecule has 0 saturated carbocycles. The maximum Gasteiger partial charge on any atom is 0.332 e. The Hall–Kier alpha value is -0.353. The Balaban J connectivity index is 4.99. The lowest BCUT2D eigenvalue weighted by Gasteiger charge is -2.41. The van der Waals surface area contributed by atoms with Crippen LogP contribution in [-0.2, 0) is 9.22 Å². The summed E-state index contributed by atoms with van der Waals surface area (Å²) in [5.41, 5.74) is -0.374. The maximum absolute atomic E-state index is 11.2. The van der Waals surface area contributed by atoms with Crippen molar-refractivity contribution in [2.24, 2.45) is 5.41 Å². The Morgan fingerprint density at radius 2 is 1.50 bits per heavy atom. The summed E-state index contributed by atoms with van der Waals surface area (Å²) in [6.07, 6.45) is -0.728. The molecule has 0 radical (unpaired) electrons. The zero-order valence-electron chi connectivity index (χ0n) is 11.8. The molecule has 1 N–H and O–H groups in total. The molecule has 0 aliphatic carbocycles. The van der Waals surface area contributed by atoms with E-state index in [-0.39, 0.29) is 10.5 Å². The SMILES string of the molecule is CC(C)(C)C(O[Si](C)(C)C(C)(C)C)C(=O)O. The number of carbonyl (C=O) groups is 1. The van der Waals surface area contributed by atoms with Crippen LogP contribution in [0.3, 0.4) is 0 Å². The van der Waals surface area contributed by atoms with Gasteiger partial charge in [0.05, 0.1) is 0 Å². The van der Waals surface area contributed by atoms with Gasteiger partial charge < -0.3 is 9.53 Å². The number of rotatable bonds is 3. The normalized spacial score (nSPS) is 16.0. The molecule has 0 bridgehead atoms. The van der Waals surface area contributed by atoms with Crippen LogP contribution in [0.2, 0.25) is 18.1 Å². The first-order valence-corrected chi connectivity index (χ1v) is 8.60. The predicted octanol–water partition coefficient (Wildman–Crippen LogP) is 3.51. The standard InChI is InChI=1S/C12H26O3Si/c1-11(2,3)9(10(13)14)15-16(7,8)12(4,5)6/h9H,1-8H3,(H,13,14). The zero-order chi connectivity index (χ0) is 13.4. The largest absolute Gasteiger partial charge is 0.479 e. The lowest BCUT2D eigenvalue weighted by atomic mass is 9.89. The van der Waals surface area contributed by atoms with E-state index in [9.17, 15) is 9.90 Å². The molecule has 0 rings (SSSR count). The summed E-state index contributed by atoms with van der Waals surface area (Å²) in [5.74, 6) is -0.864. The van der Waals surface area contributed by atoms with Gasteiger partial charge in [0.1, 0.15) is 6.10 Å². The monoisotopic (exact) mass is 246 g/mol. The molecule has 1 atom stereocenters. The average molecular weight is 246 g/mol. The fourth-order valence-electron chi connectivity index (χ4n) is 1.07. The van der Waals surface area contributed by atoms with Gasteiger partial charge >= 0.3 is 5.97 Å². The van der Waals surface area contributed by atoms with Gasteiger partial charge in [-0.15, -0.1) is 0 Å².